The van der Waals surface area contributed by atoms with Gasteiger partial charge in [0.25, 0.3) is 0 Å². The van der Waals surface area contributed by atoms with E-state index in [2.05, 4.69) is 22.5 Å². The van der Waals surface area contributed by atoms with Crippen LogP contribution in [0.15, 0.2) is 4.99 Å². The number of hydrogen-bond donors (Lipinski definition) is 2. The standard InChI is InChI=1S/C10H21N3O2S.HI/c1-4-11-10(13-9-7-8(9)2)12-5-6-16(3,14)15;/h8-9H,4-7H2,1-3H3,(H2,11,12,13);1H. The van der Waals surface area contributed by atoms with E-state index in [1.54, 1.807) is 0 Å². The van der Waals surface area contributed by atoms with Gasteiger partial charge in [-0.05, 0) is 19.3 Å². The van der Waals surface area contributed by atoms with E-state index < -0.39 is 9.84 Å². The summed E-state index contributed by atoms with van der Waals surface area (Å²) < 4.78 is 21.9. The summed E-state index contributed by atoms with van der Waals surface area (Å²) in [6, 6.07) is 0.496. The number of nitrogens with one attached hydrogen (secondary N) is 2. The predicted octanol–water partition coefficient (Wildman–Crippen LogP) is 0.613. The average molecular weight is 375 g/mol. The van der Waals surface area contributed by atoms with E-state index in [0.717, 1.165) is 18.9 Å². The van der Waals surface area contributed by atoms with Gasteiger partial charge in [-0.2, -0.15) is 0 Å². The molecule has 0 saturated heterocycles. The average Bonchev–Trinajstić information content (AvgIpc) is 2.79. The Morgan fingerprint density at radius 3 is 2.47 bits per heavy atom. The third kappa shape index (κ3) is 7.80. The van der Waals surface area contributed by atoms with Crippen molar-refractivity contribution in [1.29, 1.82) is 0 Å². The van der Waals surface area contributed by atoms with E-state index in [9.17, 15) is 8.42 Å². The Balaban J connectivity index is 0.00000256. The number of nitrogens with zero attached hydrogens (tertiary/aromatic N) is 1. The van der Waals surface area contributed by atoms with Crippen molar-refractivity contribution in [3.05, 3.63) is 0 Å². The molecule has 0 aliphatic heterocycles. The lowest BCUT2D eigenvalue weighted by Gasteiger charge is -2.10. The van der Waals surface area contributed by atoms with Gasteiger partial charge in [0.05, 0.1) is 12.3 Å². The van der Waals surface area contributed by atoms with Crippen molar-refractivity contribution >= 4 is 39.8 Å². The van der Waals surface area contributed by atoms with Crippen LogP contribution in [0.2, 0.25) is 0 Å². The molecule has 0 aromatic rings. The largest absolute Gasteiger partial charge is 0.357 e. The zero-order valence-corrected chi connectivity index (χ0v) is 13.7. The van der Waals surface area contributed by atoms with E-state index in [1.807, 2.05) is 6.92 Å². The van der Waals surface area contributed by atoms with Crippen LogP contribution in [0.3, 0.4) is 0 Å². The number of rotatable bonds is 5. The van der Waals surface area contributed by atoms with Crippen LogP contribution in [-0.4, -0.2) is 45.5 Å². The van der Waals surface area contributed by atoms with Crippen molar-refractivity contribution in [3.8, 4) is 0 Å². The highest BCUT2D eigenvalue weighted by Gasteiger charge is 2.33. The minimum atomic E-state index is -2.92. The smallest absolute Gasteiger partial charge is 0.191 e. The summed E-state index contributed by atoms with van der Waals surface area (Å²) in [7, 11) is -2.92. The van der Waals surface area contributed by atoms with Crippen molar-refractivity contribution in [2.75, 3.05) is 25.1 Å². The fraction of sp³-hybridized carbons (Fsp3) is 0.900. The molecular formula is C10H22IN3O2S. The van der Waals surface area contributed by atoms with Crippen molar-refractivity contribution in [2.45, 2.75) is 26.3 Å². The van der Waals surface area contributed by atoms with Gasteiger partial charge < -0.3 is 10.6 Å². The summed E-state index contributed by atoms with van der Waals surface area (Å²) in [5.41, 5.74) is 0. The number of halogens is 1. The molecule has 0 amide bonds. The number of hydrogen-bond acceptors (Lipinski definition) is 3. The first-order valence-corrected chi connectivity index (χ1v) is 7.71. The normalized spacial score (nSPS) is 23.8. The van der Waals surface area contributed by atoms with E-state index in [0.29, 0.717) is 18.5 Å². The highest BCUT2D eigenvalue weighted by atomic mass is 127. The van der Waals surface area contributed by atoms with Crippen molar-refractivity contribution < 1.29 is 8.42 Å². The molecule has 102 valence electrons. The molecule has 5 nitrogen and oxygen atoms in total. The van der Waals surface area contributed by atoms with Crippen molar-refractivity contribution in [3.63, 3.8) is 0 Å². The minimum absolute atomic E-state index is 0. The molecule has 1 aliphatic carbocycles. The Morgan fingerprint density at radius 1 is 1.47 bits per heavy atom. The Morgan fingerprint density at radius 2 is 2.06 bits per heavy atom. The van der Waals surface area contributed by atoms with Gasteiger partial charge in [-0.25, -0.2) is 8.42 Å². The quantitative estimate of drug-likeness (QED) is 0.420. The van der Waals surface area contributed by atoms with Gasteiger partial charge in [-0.15, -0.1) is 24.0 Å². The van der Waals surface area contributed by atoms with Crippen LogP contribution < -0.4 is 10.6 Å². The molecule has 0 aromatic heterocycles. The molecular weight excluding hydrogens is 353 g/mol. The second-order valence-electron chi connectivity index (χ2n) is 4.35. The first-order valence-electron chi connectivity index (χ1n) is 5.65. The fourth-order valence-electron chi connectivity index (χ4n) is 1.34. The summed E-state index contributed by atoms with van der Waals surface area (Å²) in [6.07, 6.45) is 2.39. The maximum absolute atomic E-state index is 10.9. The third-order valence-electron chi connectivity index (χ3n) is 2.51. The zero-order chi connectivity index (χ0) is 12.2. The lowest BCUT2D eigenvalue weighted by molar-refractivity contribution is 0.601. The zero-order valence-electron chi connectivity index (χ0n) is 10.6. The van der Waals surface area contributed by atoms with E-state index in [1.165, 1.54) is 6.26 Å². The highest BCUT2D eigenvalue weighted by Crippen LogP contribution is 2.28. The van der Waals surface area contributed by atoms with Crippen LogP contribution in [0, 0.1) is 5.92 Å². The first-order chi connectivity index (χ1) is 7.42. The Bertz CT molecular complexity index is 357. The maximum Gasteiger partial charge on any atom is 0.191 e. The molecule has 1 rings (SSSR count). The Hall–Kier alpha value is -0.0500. The van der Waals surface area contributed by atoms with Gasteiger partial charge in [0, 0.05) is 18.8 Å². The molecule has 0 bridgehead atoms. The molecule has 0 heterocycles. The lowest BCUT2D eigenvalue weighted by atomic mass is 10.5. The van der Waals surface area contributed by atoms with Gasteiger partial charge >= 0.3 is 0 Å². The van der Waals surface area contributed by atoms with Gasteiger partial charge in [0.15, 0.2) is 5.96 Å². The molecule has 1 fully saturated rings. The minimum Gasteiger partial charge on any atom is -0.357 e. The lowest BCUT2D eigenvalue weighted by Crippen LogP contribution is -2.39. The van der Waals surface area contributed by atoms with Crippen LogP contribution in [-0.2, 0) is 9.84 Å². The first kappa shape index (κ1) is 16.9. The van der Waals surface area contributed by atoms with Gasteiger partial charge in [-0.3, -0.25) is 4.99 Å². The van der Waals surface area contributed by atoms with Gasteiger partial charge in [-0.1, -0.05) is 6.92 Å². The van der Waals surface area contributed by atoms with Gasteiger partial charge in [0.1, 0.15) is 9.84 Å². The van der Waals surface area contributed by atoms with Crippen LogP contribution in [0.5, 0.6) is 0 Å². The summed E-state index contributed by atoms with van der Waals surface area (Å²) in [4.78, 5) is 4.23. The van der Waals surface area contributed by atoms with Gasteiger partial charge in [0.2, 0.25) is 0 Å². The molecule has 7 heteroatoms. The number of aliphatic imine (C=N–C) groups is 1. The van der Waals surface area contributed by atoms with E-state index in [-0.39, 0.29) is 29.7 Å². The summed E-state index contributed by atoms with van der Waals surface area (Å²) in [5, 5.41) is 6.38. The summed E-state index contributed by atoms with van der Waals surface area (Å²) in [6.45, 7) is 5.27. The number of guanidine groups is 1. The molecule has 2 unspecified atom stereocenters. The second kappa shape index (κ2) is 7.40. The third-order valence-corrected chi connectivity index (χ3v) is 3.43. The second-order valence-corrected chi connectivity index (χ2v) is 6.61. The molecule has 0 aromatic carbocycles. The van der Waals surface area contributed by atoms with Crippen molar-refractivity contribution in [2.24, 2.45) is 10.9 Å². The molecule has 2 N–H and O–H groups in total. The van der Waals surface area contributed by atoms with Crippen LogP contribution in [0.1, 0.15) is 20.3 Å². The molecule has 0 spiro atoms. The highest BCUT2D eigenvalue weighted by molar-refractivity contribution is 14.0. The van der Waals surface area contributed by atoms with Crippen LogP contribution in [0.4, 0.5) is 0 Å². The molecule has 0 radical (unpaired) electrons. The molecule has 1 aliphatic rings. The number of sulfone groups is 1. The molecule has 2 atom stereocenters. The van der Waals surface area contributed by atoms with E-state index >= 15 is 0 Å². The summed E-state index contributed by atoms with van der Waals surface area (Å²) >= 11 is 0. The SMILES string of the molecule is CCNC(=NCCS(C)(=O)=O)NC1CC1C.I. The summed E-state index contributed by atoms with van der Waals surface area (Å²) in [5.74, 6) is 1.52. The topological polar surface area (TPSA) is 70.6 Å². The predicted molar refractivity (Wildman–Crippen MR) is 81.8 cm³/mol. The fourth-order valence-corrected chi connectivity index (χ4v) is 1.76. The Kier molecular flexibility index (Phi) is 7.38. The molecule has 1 saturated carbocycles. The maximum atomic E-state index is 10.9. The monoisotopic (exact) mass is 375 g/mol. The van der Waals surface area contributed by atoms with E-state index in [4.69, 9.17) is 0 Å². The molecule has 17 heavy (non-hydrogen) atoms. The van der Waals surface area contributed by atoms with Crippen molar-refractivity contribution in [1.82, 2.24) is 10.6 Å². The Labute approximate surface area is 121 Å². The van der Waals surface area contributed by atoms with Crippen LogP contribution >= 0.6 is 24.0 Å². The van der Waals surface area contributed by atoms with Crippen LogP contribution in [0.25, 0.3) is 0 Å².